The Kier molecular flexibility index (Phi) is 5.20. The minimum atomic E-state index is -1.27. The Hall–Kier alpha value is -2.15. The summed E-state index contributed by atoms with van der Waals surface area (Å²) in [4.78, 5) is 16.1. The zero-order chi connectivity index (χ0) is 17.0. The van der Waals surface area contributed by atoms with Gasteiger partial charge in [0.2, 0.25) is 0 Å². The van der Waals surface area contributed by atoms with Crippen LogP contribution in [0.4, 0.5) is 4.79 Å². The fourth-order valence-corrected chi connectivity index (χ4v) is 3.48. The molecule has 1 aromatic heterocycles. The number of hydrogen-bond acceptors (Lipinski definition) is 3. The van der Waals surface area contributed by atoms with E-state index in [9.17, 15) is 4.79 Å². The lowest BCUT2D eigenvalue weighted by molar-refractivity contribution is 0.237. The predicted molar refractivity (Wildman–Crippen MR) is 94.2 cm³/mol. The molecule has 2 amide bonds. The highest BCUT2D eigenvalue weighted by molar-refractivity contribution is 6.88. The molecule has 0 aliphatic heterocycles. The van der Waals surface area contributed by atoms with Crippen LogP contribution in [0.15, 0.2) is 30.6 Å². The summed E-state index contributed by atoms with van der Waals surface area (Å²) in [5.41, 5.74) is 1.09. The zero-order valence-corrected chi connectivity index (χ0v) is 15.4. The highest BCUT2D eigenvalue weighted by Gasteiger charge is 2.16. The first-order valence-corrected chi connectivity index (χ1v) is 11.2. The van der Waals surface area contributed by atoms with Crippen LogP contribution < -0.4 is 15.8 Å². The van der Waals surface area contributed by atoms with Crippen LogP contribution in [-0.2, 0) is 13.6 Å². The SMILES string of the molecule is C[C@@H](NC(=O)NCc1ccc([Si](C)(C)C)cc1)c1ncnn1C. The Balaban J connectivity index is 1.86. The topological polar surface area (TPSA) is 71.8 Å². The predicted octanol–water partition coefficient (Wildman–Crippen LogP) is 1.92. The van der Waals surface area contributed by atoms with Crippen LogP contribution >= 0.6 is 0 Å². The van der Waals surface area contributed by atoms with Gasteiger partial charge in [-0.25, -0.2) is 9.78 Å². The van der Waals surface area contributed by atoms with Gasteiger partial charge in [-0.05, 0) is 12.5 Å². The van der Waals surface area contributed by atoms with Crippen molar-refractivity contribution in [2.75, 3.05) is 0 Å². The molecule has 1 heterocycles. The maximum atomic E-state index is 12.0. The summed E-state index contributed by atoms with van der Waals surface area (Å²) in [6, 6.07) is 8.10. The van der Waals surface area contributed by atoms with Crippen LogP contribution in [0.3, 0.4) is 0 Å². The summed E-state index contributed by atoms with van der Waals surface area (Å²) < 4.78 is 1.65. The molecule has 2 N–H and O–H groups in total. The van der Waals surface area contributed by atoms with Gasteiger partial charge in [0.05, 0.1) is 14.1 Å². The number of nitrogens with zero attached hydrogens (tertiary/aromatic N) is 3. The van der Waals surface area contributed by atoms with E-state index in [4.69, 9.17) is 0 Å². The molecule has 0 unspecified atom stereocenters. The number of carbonyl (C=O) groups excluding carboxylic acids is 1. The highest BCUT2D eigenvalue weighted by Crippen LogP contribution is 2.07. The van der Waals surface area contributed by atoms with Gasteiger partial charge in [0.1, 0.15) is 12.2 Å². The molecule has 1 aromatic carbocycles. The molecule has 6 nitrogen and oxygen atoms in total. The molecule has 2 rings (SSSR count). The summed E-state index contributed by atoms with van der Waals surface area (Å²) in [7, 11) is 0.530. The van der Waals surface area contributed by atoms with E-state index < -0.39 is 8.07 Å². The van der Waals surface area contributed by atoms with Crippen LogP contribution in [0.5, 0.6) is 0 Å². The van der Waals surface area contributed by atoms with E-state index >= 15 is 0 Å². The van der Waals surface area contributed by atoms with E-state index in [2.05, 4.69) is 64.6 Å². The Morgan fingerprint density at radius 1 is 1.26 bits per heavy atom. The normalized spacial score (nSPS) is 12.7. The Bertz CT molecular complexity index is 660. The summed E-state index contributed by atoms with van der Waals surface area (Å²) in [6.07, 6.45) is 1.48. The first kappa shape index (κ1) is 17.2. The number of nitrogens with one attached hydrogen (secondary N) is 2. The summed E-state index contributed by atoms with van der Waals surface area (Å²) in [5, 5.41) is 11.2. The molecule has 23 heavy (non-hydrogen) atoms. The molecular formula is C16H25N5OSi. The second kappa shape index (κ2) is 6.95. The van der Waals surface area contributed by atoms with Crippen molar-refractivity contribution in [3.63, 3.8) is 0 Å². The van der Waals surface area contributed by atoms with Crippen LogP contribution in [0.2, 0.25) is 19.6 Å². The fourth-order valence-electron chi connectivity index (χ4n) is 2.31. The van der Waals surface area contributed by atoms with Crippen molar-refractivity contribution in [3.8, 4) is 0 Å². The Labute approximate surface area is 138 Å². The van der Waals surface area contributed by atoms with Gasteiger partial charge in [0, 0.05) is 13.6 Å². The molecule has 0 aliphatic rings. The van der Waals surface area contributed by atoms with Crippen LogP contribution in [0, 0.1) is 0 Å². The second-order valence-corrected chi connectivity index (χ2v) is 11.8. The van der Waals surface area contributed by atoms with E-state index in [0.717, 1.165) is 11.4 Å². The average Bonchev–Trinajstić information content (AvgIpc) is 2.91. The molecule has 0 aliphatic carbocycles. The minimum absolute atomic E-state index is 0.197. The summed E-state index contributed by atoms with van der Waals surface area (Å²) in [5.74, 6) is 0.722. The number of rotatable bonds is 5. The van der Waals surface area contributed by atoms with Crippen molar-refractivity contribution in [1.82, 2.24) is 25.4 Å². The summed E-state index contributed by atoms with van der Waals surface area (Å²) in [6.45, 7) is 9.35. The molecule has 0 fully saturated rings. The van der Waals surface area contributed by atoms with Gasteiger partial charge >= 0.3 is 6.03 Å². The van der Waals surface area contributed by atoms with E-state index in [1.165, 1.54) is 11.5 Å². The molecule has 124 valence electrons. The third-order valence-electron chi connectivity index (χ3n) is 3.75. The van der Waals surface area contributed by atoms with E-state index in [-0.39, 0.29) is 12.1 Å². The number of urea groups is 1. The zero-order valence-electron chi connectivity index (χ0n) is 14.4. The number of aryl methyl sites for hydroxylation is 1. The van der Waals surface area contributed by atoms with Crippen molar-refractivity contribution >= 4 is 19.3 Å². The third kappa shape index (κ3) is 4.66. The summed E-state index contributed by atoms with van der Waals surface area (Å²) >= 11 is 0. The molecule has 0 saturated heterocycles. The van der Waals surface area contributed by atoms with Gasteiger partial charge in [-0.15, -0.1) is 0 Å². The van der Waals surface area contributed by atoms with E-state index in [0.29, 0.717) is 6.54 Å². The Morgan fingerprint density at radius 2 is 1.91 bits per heavy atom. The van der Waals surface area contributed by atoms with Gasteiger partial charge in [-0.3, -0.25) is 4.68 Å². The van der Waals surface area contributed by atoms with E-state index in [1.807, 2.05) is 6.92 Å². The van der Waals surface area contributed by atoms with Gasteiger partial charge < -0.3 is 10.6 Å². The molecule has 2 aromatic rings. The van der Waals surface area contributed by atoms with Crippen molar-refractivity contribution in [2.24, 2.45) is 7.05 Å². The lowest BCUT2D eigenvalue weighted by Crippen LogP contribution is -2.38. The minimum Gasteiger partial charge on any atom is -0.334 e. The number of benzene rings is 1. The molecule has 0 radical (unpaired) electrons. The highest BCUT2D eigenvalue weighted by atomic mass is 28.3. The number of amides is 2. The molecule has 0 bridgehead atoms. The monoisotopic (exact) mass is 331 g/mol. The third-order valence-corrected chi connectivity index (χ3v) is 5.82. The molecule has 0 saturated carbocycles. The van der Waals surface area contributed by atoms with Crippen molar-refractivity contribution in [1.29, 1.82) is 0 Å². The average molecular weight is 331 g/mol. The molecule has 7 heteroatoms. The van der Waals surface area contributed by atoms with Crippen LogP contribution in [0.1, 0.15) is 24.4 Å². The van der Waals surface area contributed by atoms with Gasteiger partial charge in [0.25, 0.3) is 0 Å². The molecule has 1 atom stereocenters. The molecule has 0 spiro atoms. The maximum absolute atomic E-state index is 12.0. The number of carbonyl (C=O) groups is 1. The van der Waals surface area contributed by atoms with Gasteiger partial charge in [-0.2, -0.15) is 5.10 Å². The van der Waals surface area contributed by atoms with Crippen molar-refractivity contribution in [3.05, 3.63) is 42.0 Å². The first-order chi connectivity index (χ1) is 10.8. The van der Waals surface area contributed by atoms with Crippen molar-refractivity contribution < 1.29 is 4.79 Å². The first-order valence-electron chi connectivity index (χ1n) is 7.75. The van der Waals surface area contributed by atoms with Gasteiger partial charge in [0.15, 0.2) is 0 Å². The standard InChI is InChI=1S/C16H25N5OSi/c1-12(15-18-11-19-21(15)2)20-16(22)17-10-13-6-8-14(9-7-13)23(3,4)5/h6-9,11-12H,10H2,1-5H3,(H2,17,20,22)/t12-/m1/s1. The lowest BCUT2D eigenvalue weighted by Gasteiger charge is -2.17. The van der Waals surface area contributed by atoms with Crippen LogP contribution in [-0.4, -0.2) is 28.9 Å². The Morgan fingerprint density at radius 3 is 2.43 bits per heavy atom. The fraction of sp³-hybridized carbons (Fsp3) is 0.438. The van der Waals surface area contributed by atoms with Crippen LogP contribution in [0.25, 0.3) is 0 Å². The number of hydrogen-bond donors (Lipinski definition) is 2. The number of aromatic nitrogens is 3. The largest absolute Gasteiger partial charge is 0.334 e. The maximum Gasteiger partial charge on any atom is 0.315 e. The van der Waals surface area contributed by atoms with Gasteiger partial charge in [-0.1, -0.05) is 49.1 Å². The second-order valence-electron chi connectivity index (χ2n) is 6.74. The lowest BCUT2D eigenvalue weighted by atomic mass is 10.2. The van der Waals surface area contributed by atoms with E-state index in [1.54, 1.807) is 11.7 Å². The van der Waals surface area contributed by atoms with Crippen molar-refractivity contribution in [2.45, 2.75) is 39.2 Å². The smallest absolute Gasteiger partial charge is 0.315 e. The molecular weight excluding hydrogens is 306 g/mol. The quantitative estimate of drug-likeness (QED) is 0.822.